The molecule has 25 heavy (non-hydrogen) atoms. The number of nitrogens with one attached hydrogen (secondary N) is 1. The standard InChI is InChI=1S/C18H16FN3O3/c1-13(6-9-15-4-2-3-5-17(15)19)20-21-18(23)12-14-7-10-16(11-8-14)22(24)25/h2-11H,12H2,1H3,(H,21,23)/b9-6+,20-13-. The van der Waals surface area contributed by atoms with Crippen LogP contribution in [0.5, 0.6) is 0 Å². The number of non-ortho nitro benzene ring substituents is 1. The first-order chi connectivity index (χ1) is 12.0. The number of benzene rings is 2. The molecule has 0 aliphatic heterocycles. The number of allylic oxidation sites excluding steroid dienone is 1. The van der Waals surface area contributed by atoms with Gasteiger partial charge in [-0.05, 0) is 24.6 Å². The third-order valence-corrected chi connectivity index (χ3v) is 3.28. The van der Waals surface area contributed by atoms with Crippen molar-refractivity contribution in [3.8, 4) is 0 Å². The third kappa shape index (κ3) is 5.65. The van der Waals surface area contributed by atoms with Gasteiger partial charge in [0.05, 0.1) is 17.1 Å². The minimum absolute atomic E-state index is 0.0312. The van der Waals surface area contributed by atoms with Crippen LogP contribution in [0.3, 0.4) is 0 Å². The number of hydrazone groups is 1. The van der Waals surface area contributed by atoms with Crippen LogP contribution >= 0.6 is 0 Å². The van der Waals surface area contributed by atoms with E-state index in [1.165, 1.54) is 30.3 Å². The molecule has 128 valence electrons. The normalized spacial score (nSPS) is 11.5. The van der Waals surface area contributed by atoms with Gasteiger partial charge in [-0.3, -0.25) is 14.9 Å². The number of halogens is 1. The Hall–Kier alpha value is -3.35. The van der Waals surface area contributed by atoms with Crippen molar-refractivity contribution in [2.45, 2.75) is 13.3 Å². The van der Waals surface area contributed by atoms with E-state index in [1.807, 2.05) is 0 Å². The third-order valence-electron chi connectivity index (χ3n) is 3.28. The Bertz CT molecular complexity index is 830. The summed E-state index contributed by atoms with van der Waals surface area (Å²) in [5.74, 6) is -0.693. The molecule has 0 unspecified atom stereocenters. The van der Waals surface area contributed by atoms with Gasteiger partial charge in [0.1, 0.15) is 5.82 Å². The minimum atomic E-state index is -0.501. The molecule has 0 heterocycles. The number of amides is 1. The average Bonchev–Trinajstić information content (AvgIpc) is 2.59. The minimum Gasteiger partial charge on any atom is -0.273 e. The lowest BCUT2D eigenvalue weighted by molar-refractivity contribution is -0.384. The molecular weight excluding hydrogens is 325 g/mol. The van der Waals surface area contributed by atoms with Crippen molar-refractivity contribution in [1.29, 1.82) is 0 Å². The fourth-order valence-corrected chi connectivity index (χ4v) is 1.97. The maximum absolute atomic E-state index is 13.5. The first-order valence-corrected chi connectivity index (χ1v) is 7.45. The highest BCUT2D eigenvalue weighted by Gasteiger charge is 2.06. The summed E-state index contributed by atoms with van der Waals surface area (Å²) in [5.41, 5.74) is 3.92. The van der Waals surface area contributed by atoms with E-state index in [0.717, 1.165) is 0 Å². The van der Waals surface area contributed by atoms with E-state index < -0.39 is 4.92 Å². The Balaban J connectivity index is 1.90. The van der Waals surface area contributed by atoms with Gasteiger partial charge in [0.2, 0.25) is 5.91 Å². The summed E-state index contributed by atoms with van der Waals surface area (Å²) in [6, 6.07) is 12.0. The summed E-state index contributed by atoms with van der Waals surface area (Å²) in [6.45, 7) is 1.67. The Labute approximate surface area is 143 Å². The number of nitrogens with zero attached hydrogens (tertiary/aromatic N) is 2. The second kappa shape index (κ2) is 8.49. The lowest BCUT2D eigenvalue weighted by atomic mass is 10.1. The molecule has 0 radical (unpaired) electrons. The summed E-state index contributed by atoms with van der Waals surface area (Å²) in [6.07, 6.45) is 3.20. The van der Waals surface area contributed by atoms with Gasteiger partial charge < -0.3 is 0 Å². The Morgan fingerprint density at radius 2 is 1.92 bits per heavy atom. The zero-order valence-corrected chi connectivity index (χ0v) is 13.5. The van der Waals surface area contributed by atoms with E-state index in [-0.39, 0.29) is 23.8 Å². The predicted molar refractivity (Wildman–Crippen MR) is 93.5 cm³/mol. The van der Waals surface area contributed by atoms with Gasteiger partial charge >= 0.3 is 0 Å². The number of carbonyl (C=O) groups excluding carboxylic acids is 1. The van der Waals surface area contributed by atoms with Crippen molar-refractivity contribution >= 4 is 23.4 Å². The van der Waals surface area contributed by atoms with E-state index >= 15 is 0 Å². The molecule has 0 atom stereocenters. The molecule has 0 bridgehead atoms. The van der Waals surface area contributed by atoms with Crippen LogP contribution in [0.4, 0.5) is 10.1 Å². The summed E-state index contributed by atoms with van der Waals surface area (Å²) >= 11 is 0. The van der Waals surface area contributed by atoms with Crippen LogP contribution in [0.2, 0.25) is 0 Å². The molecule has 2 aromatic rings. The number of nitro benzene ring substituents is 1. The molecule has 7 heteroatoms. The topological polar surface area (TPSA) is 84.6 Å². The van der Waals surface area contributed by atoms with Crippen molar-refractivity contribution in [2.24, 2.45) is 5.10 Å². The van der Waals surface area contributed by atoms with Gasteiger partial charge in [-0.2, -0.15) is 5.10 Å². The van der Waals surface area contributed by atoms with Crippen LogP contribution in [-0.4, -0.2) is 16.5 Å². The van der Waals surface area contributed by atoms with E-state index in [1.54, 1.807) is 37.3 Å². The molecule has 0 aromatic heterocycles. The van der Waals surface area contributed by atoms with Gasteiger partial charge in [-0.25, -0.2) is 9.82 Å². The molecule has 0 saturated carbocycles. The maximum atomic E-state index is 13.5. The van der Waals surface area contributed by atoms with Crippen LogP contribution in [0.1, 0.15) is 18.1 Å². The van der Waals surface area contributed by atoms with Gasteiger partial charge in [0, 0.05) is 17.7 Å². The fourth-order valence-electron chi connectivity index (χ4n) is 1.97. The average molecular weight is 341 g/mol. The Morgan fingerprint density at radius 3 is 2.56 bits per heavy atom. The molecule has 2 rings (SSSR count). The van der Waals surface area contributed by atoms with Gasteiger partial charge in [0.15, 0.2) is 0 Å². The molecule has 0 aliphatic rings. The van der Waals surface area contributed by atoms with Crippen molar-refractivity contribution in [3.05, 3.63) is 81.7 Å². The monoisotopic (exact) mass is 341 g/mol. The molecule has 0 aliphatic carbocycles. The fraction of sp³-hybridized carbons (Fsp3) is 0.111. The molecule has 6 nitrogen and oxygen atoms in total. The van der Waals surface area contributed by atoms with E-state index in [4.69, 9.17) is 0 Å². The molecule has 1 N–H and O–H groups in total. The summed E-state index contributed by atoms with van der Waals surface area (Å²) < 4.78 is 13.5. The van der Waals surface area contributed by atoms with Crippen LogP contribution in [-0.2, 0) is 11.2 Å². The van der Waals surface area contributed by atoms with Crippen molar-refractivity contribution < 1.29 is 14.1 Å². The number of rotatable bonds is 6. The van der Waals surface area contributed by atoms with Gasteiger partial charge in [0.25, 0.3) is 5.69 Å². The Morgan fingerprint density at radius 1 is 1.24 bits per heavy atom. The first-order valence-electron chi connectivity index (χ1n) is 7.45. The molecule has 0 spiro atoms. The van der Waals surface area contributed by atoms with Gasteiger partial charge in [-0.1, -0.05) is 36.4 Å². The lowest BCUT2D eigenvalue weighted by Crippen LogP contribution is -2.20. The zero-order chi connectivity index (χ0) is 18.2. The van der Waals surface area contributed by atoms with Crippen LogP contribution < -0.4 is 5.43 Å². The van der Waals surface area contributed by atoms with Crippen LogP contribution in [0, 0.1) is 15.9 Å². The molecule has 1 amide bonds. The quantitative estimate of drug-likeness (QED) is 0.496. The van der Waals surface area contributed by atoms with Crippen molar-refractivity contribution in [2.75, 3.05) is 0 Å². The second-order valence-electron chi connectivity index (χ2n) is 5.24. The molecular formula is C18H16FN3O3. The molecule has 2 aromatic carbocycles. The van der Waals surface area contributed by atoms with Crippen LogP contribution in [0.15, 0.2) is 59.7 Å². The smallest absolute Gasteiger partial charge is 0.269 e. The lowest BCUT2D eigenvalue weighted by Gasteiger charge is -2.01. The first kappa shape index (κ1) is 18.0. The second-order valence-corrected chi connectivity index (χ2v) is 5.24. The van der Waals surface area contributed by atoms with Crippen LogP contribution in [0.25, 0.3) is 6.08 Å². The number of hydrogen-bond acceptors (Lipinski definition) is 4. The maximum Gasteiger partial charge on any atom is 0.269 e. The largest absolute Gasteiger partial charge is 0.273 e. The van der Waals surface area contributed by atoms with E-state index in [0.29, 0.717) is 16.8 Å². The molecule has 0 saturated heterocycles. The summed E-state index contributed by atoms with van der Waals surface area (Å²) in [5, 5.41) is 14.5. The number of carbonyl (C=O) groups is 1. The Kier molecular flexibility index (Phi) is 6.11. The van der Waals surface area contributed by atoms with E-state index in [9.17, 15) is 19.3 Å². The predicted octanol–water partition coefficient (Wildman–Crippen LogP) is 3.48. The highest BCUT2D eigenvalue weighted by atomic mass is 19.1. The van der Waals surface area contributed by atoms with Gasteiger partial charge in [-0.15, -0.1) is 0 Å². The van der Waals surface area contributed by atoms with Crippen molar-refractivity contribution in [1.82, 2.24) is 5.43 Å². The highest BCUT2D eigenvalue weighted by Crippen LogP contribution is 2.12. The SMILES string of the molecule is CC(/C=C/c1ccccc1F)=N/NC(=O)Cc1ccc([N+](=O)[O-])cc1. The summed E-state index contributed by atoms with van der Waals surface area (Å²) in [4.78, 5) is 21.9. The zero-order valence-electron chi connectivity index (χ0n) is 13.5. The molecule has 0 fully saturated rings. The number of nitro groups is 1. The highest BCUT2D eigenvalue weighted by molar-refractivity contribution is 5.97. The van der Waals surface area contributed by atoms with Crippen molar-refractivity contribution in [3.63, 3.8) is 0 Å². The number of hydrogen-bond donors (Lipinski definition) is 1. The van der Waals surface area contributed by atoms with E-state index in [2.05, 4.69) is 10.5 Å². The summed E-state index contributed by atoms with van der Waals surface area (Å²) in [7, 11) is 0.